The Kier molecular flexibility index (Phi) is 6.13. The van der Waals surface area contributed by atoms with Crippen molar-refractivity contribution in [1.29, 1.82) is 0 Å². The van der Waals surface area contributed by atoms with E-state index in [4.69, 9.17) is 12.2 Å². The molecule has 0 heterocycles. The Hall–Kier alpha value is -0.930. The predicted molar refractivity (Wildman–Crippen MR) is 122 cm³/mol. The molecule has 4 saturated carbocycles. The fourth-order valence-corrected chi connectivity index (χ4v) is 6.79. The number of thiocarbonyl (C=S) groups is 1. The lowest BCUT2D eigenvalue weighted by Gasteiger charge is -2.62. The van der Waals surface area contributed by atoms with Crippen LogP contribution in [0.3, 0.4) is 0 Å². The molecule has 0 saturated heterocycles. The lowest BCUT2D eigenvalue weighted by molar-refractivity contribution is -0.126. The van der Waals surface area contributed by atoms with Crippen LogP contribution in [-0.2, 0) is 6.54 Å². The van der Waals surface area contributed by atoms with Gasteiger partial charge in [-0.15, -0.1) is 0 Å². The fourth-order valence-electron chi connectivity index (χ4n) is 6.42. The first kappa shape index (κ1) is 20.3. The van der Waals surface area contributed by atoms with Crippen molar-refractivity contribution in [1.82, 2.24) is 10.6 Å². The molecule has 2 nitrogen and oxygen atoms in total. The van der Waals surface area contributed by atoms with Gasteiger partial charge >= 0.3 is 0 Å². The molecule has 3 heteroatoms. The first-order valence-electron chi connectivity index (χ1n) is 11.5. The molecule has 0 amide bonds. The van der Waals surface area contributed by atoms with Crippen molar-refractivity contribution in [2.24, 2.45) is 29.1 Å². The monoisotopic (exact) mass is 398 g/mol. The second-order valence-corrected chi connectivity index (χ2v) is 10.8. The number of rotatable bonds is 6. The maximum absolute atomic E-state index is 5.87. The fraction of sp³-hybridized carbons (Fsp3) is 0.720. The summed E-state index contributed by atoms with van der Waals surface area (Å²) in [6.07, 6.45) is 9.08. The highest BCUT2D eigenvalue weighted by Gasteiger charge is 2.56. The summed E-state index contributed by atoms with van der Waals surface area (Å²) < 4.78 is 0. The van der Waals surface area contributed by atoms with Crippen LogP contribution in [0.15, 0.2) is 30.3 Å². The summed E-state index contributed by atoms with van der Waals surface area (Å²) in [6, 6.07) is 11.8. The lowest BCUT2D eigenvalue weighted by Crippen LogP contribution is -2.56. The number of nitrogens with one attached hydrogen (secondary N) is 2. The van der Waals surface area contributed by atoms with E-state index in [-0.39, 0.29) is 0 Å². The van der Waals surface area contributed by atoms with Gasteiger partial charge in [0, 0.05) is 25.0 Å². The molecule has 6 atom stereocenters. The quantitative estimate of drug-likeness (QED) is 0.600. The minimum atomic E-state index is 0.495. The van der Waals surface area contributed by atoms with Crippen LogP contribution in [0.5, 0.6) is 0 Å². The highest BCUT2D eigenvalue weighted by molar-refractivity contribution is 7.80. The largest absolute Gasteiger partial charge is 0.375 e. The summed E-state index contributed by atoms with van der Waals surface area (Å²) in [4.78, 5) is 1.12. The molecular formula is C25H38N2S. The molecule has 5 rings (SSSR count). The van der Waals surface area contributed by atoms with E-state index in [1.807, 2.05) is 0 Å². The Morgan fingerprint density at radius 3 is 2.46 bits per heavy atom. The predicted octanol–water partition coefficient (Wildman–Crippen LogP) is 5.71. The molecule has 2 N–H and O–H groups in total. The van der Waals surface area contributed by atoms with Gasteiger partial charge in [0.1, 0.15) is 0 Å². The molecule has 154 valence electrons. The second-order valence-electron chi connectivity index (χ2n) is 10.4. The highest BCUT2D eigenvalue weighted by Crippen LogP contribution is 2.63. The van der Waals surface area contributed by atoms with Gasteiger partial charge in [0.25, 0.3) is 0 Å². The molecular weight excluding hydrogens is 360 g/mol. The SMILES string of the molecule is C[C@H]1[C@H](CC(=S)N[C@@H]2CCCC[C@H]2NCc2ccccc2)C[C@@H]2C[C@H]1C2(C)C. The zero-order valence-corrected chi connectivity index (χ0v) is 18.7. The first-order chi connectivity index (χ1) is 13.4. The van der Waals surface area contributed by atoms with E-state index in [1.165, 1.54) is 44.1 Å². The van der Waals surface area contributed by atoms with E-state index in [9.17, 15) is 0 Å². The first-order valence-corrected chi connectivity index (χ1v) is 11.9. The van der Waals surface area contributed by atoms with Crippen LogP contribution in [0.2, 0.25) is 0 Å². The van der Waals surface area contributed by atoms with Crippen LogP contribution < -0.4 is 10.6 Å². The molecule has 28 heavy (non-hydrogen) atoms. The van der Waals surface area contributed by atoms with Gasteiger partial charge in [-0.25, -0.2) is 0 Å². The molecule has 4 fully saturated rings. The molecule has 2 bridgehead atoms. The molecule has 0 spiro atoms. The van der Waals surface area contributed by atoms with Gasteiger partial charge in [-0.1, -0.05) is 76.2 Å². The Labute approximate surface area is 177 Å². The summed E-state index contributed by atoms with van der Waals surface area (Å²) in [5.74, 6) is 3.44. The van der Waals surface area contributed by atoms with Crippen molar-refractivity contribution in [3.05, 3.63) is 35.9 Å². The Morgan fingerprint density at radius 1 is 1.07 bits per heavy atom. The van der Waals surface area contributed by atoms with Crippen LogP contribution >= 0.6 is 12.2 Å². The summed E-state index contributed by atoms with van der Waals surface area (Å²) in [5, 5.41) is 7.60. The molecule has 1 aromatic rings. The standard InChI is InChI=1S/C25H38N2S/c1-17-19(13-20-15-21(17)25(20,2)3)14-24(28)27-23-12-8-7-11-22(23)26-16-18-9-5-4-6-10-18/h4-6,9-10,17,19-23,26H,7-8,11-16H2,1-3H3,(H,27,28)/t17-,19-,20+,21+,22+,23+/m0/s1. The third kappa shape index (κ3) is 4.16. The Balaban J connectivity index is 1.29. The number of hydrogen-bond donors (Lipinski definition) is 2. The number of benzene rings is 1. The zero-order valence-electron chi connectivity index (χ0n) is 17.9. The number of hydrogen-bond acceptors (Lipinski definition) is 2. The van der Waals surface area contributed by atoms with Crippen molar-refractivity contribution in [3.63, 3.8) is 0 Å². The van der Waals surface area contributed by atoms with Gasteiger partial charge in [-0.3, -0.25) is 0 Å². The normalized spacial score (nSPS) is 36.4. The molecule has 0 unspecified atom stereocenters. The van der Waals surface area contributed by atoms with Crippen molar-refractivity contribution in [3.8, 4) is 0 Å². The van der Waals surface area contributed by atoms with Gasteiger partial charge in [-0.2, -0.15) is 0 Å². The summed E-state index contributed by atoms with van der Waals surface area (Å²) in [5.41, 5.74) is 1.94. The summed E-state index contributed by atoms with van der Waals surface area (Å²) in [6.45, 7) is 8.41. The van der Waals surface area contributed by atoms with E-state index in [0.29, 0.717) is 17.5 Å². The lowest BCUT2D eigenvalue weighted by atomic mass is 9.43. The van der Waals surface area contributed by atoms with E-state index in [2.05, 4.69) is 61.7 Å². The molecule has 0 aliphatic heterocycles. The molecule has 0 radical (unpaired) electrons. The van der Waals surface area contributed by atoms with E-state index >= 15 is 0 Å². The molecule has 4 aliphatic carbocycles. The van der Waals surface area contributed by atoms with Crippen molar-refractivity contribution >= 4 is 17.2 Å². The third-order valence-corrected chi connectivity index (χ3v) is 8.77. The van der Waals surface area contributed by atoms with Crippen LogP contribution in [0.25, 0.3) is 0 Å². The van der Waals surface area contributed by atoms with Crippen molar-refractivity contribution in [2.45, 2.75) is 84.3 Å². The van der Waals surface area contributed by atoms with Crippen molar-refractivity contribution in [2.75, 3.05) is 0 Å². The van der Waals surface area contributed by atoms with Gasteiger partial charge in [0.2, 0.25) is 0 Å². The molecule has 1 aromatic carbocycles. The molecule has 4 aliphatic rings. The number of fused-ring (bicyclic) bond motifs is 2. The Bertz CT molecular complexity index is 670. The van der Waals surface area contributed by atoms with Crippen LogP contribution in [0.1, 0.15) is 71.3 Å². The summed E-state index contributed by atoms with van der Waals surface area (Å²) >= 11 is 5.87. The van der Waals surface area contributed by atoms with E-state index < -0.39 is 0 Å². The third-order valence-electron chi connectivity index (χ3n) is 8.48. The van der Waals surface area contributed by atoms with Gasteiger partial charge < -0.3 is 10.6 Å². The molecule has 0 aromatic heterocycles. The average molecular weight is 399 g/mol. The van der Waals surface area contributed by atoms with Crippen molar-refractivity contribution < 1.29 is 0 Å². The second kappa shape index (κ2) is 8.44. The van der Waals surface area contributed by atoms with Gasteiger partial charge in [-0.05, 0) is 60.3 Å². The maximum Gasteiger partial charge on any atom is 0.0758 e. The zero-order chi connectivity index (χ0) is 19.7. The Morgan fingerprint density at radius 2 is 1.79 bits per heavy atom. The van der Waals surface area contributed by atoms with Crippen LogP contribution in [0, 0.1) is 29.1 Å². The van der Waals surface area contributed by atoms with E-state index in [0.717, 1.165) is 41.6 Å². The summed E-state index contributed by atoms with van der Waals surface area (Å²) in [7, 11) is 0. The topological polar surface area (TPSA) is 24.1 Å². The minimum Gasteiger partial charge on any atom is -0.375 e. The maximum atomic E-state index is 5.87. The smallest absolute Gasteiger partial charge is 0.0758 e. The highest BCUT2D eigenvalue weighted by atomic mass is 32.1. The van der Waals surface area contributed by atoms with Crippen LogP contribution in [-0.4, -0.2) is 17.1 Å². The average Bonchev–Trinajstić information content (AvgIpc) is 2.69. The van der Waals surface area contributed by atoms with Gasteiger partial charge in [0.05, 0.1) is 4.99 Å². The van der Waals surface area contributed by atoms with Gasteiger partial charge in [0.15, 0.2) is 0 Å². The van der Waals surface area contributed by atoms with E-state index in [1.54, 1.807) is 0 Å². The van der Waals surface area contributed by atoms with Crippen LogP contribution in [0.4, 0.5) is 0 Å². The minimum absolute atomic E-state index is 0.495.